The van der Waals surface area contributed by atoms with Crippen LogP contribution in [-0.2, 0) is 9.84 Å². The van der Waals surface area contributed by atoms with E-state index in [-0.39, 0.29) is 42.2 Å². The molecule has 1 aliphatic heterocycles. The fourth-order valence-corrected chi connectivity index (χ4v) is 6.48. The molecule has 6 rings (SSSR count). The van der Waals surface area contributed by atoms with Crippen molar-refractivity contribution in [1.82, 2.24) is 9.88 Å². The Labute approximate surface area is 181 Å². The number of sulfone groups is 1. The van der Waals surface area contributed by atoms with Crippen molar-refractivity contribution in [2.75, 3.05) is 29.9 Å². The number of pyridine rings is 1. The van der Waals surface area contributed by atoms with Crippen LogP contribution in [0.4, 0.5) is 15.8 Å². The maximum atomic E-state index is 14.4. The zero-order valence-electron chi connectivity index (χ0n) is 17.5. The number of rotatable bonds is 3. The van der Waals surface area contributed by atoms with E-state index in [1.54, 1.807) is 23.2 Å². The van der Waals surface area contributed by atoms with Gasteiger partial charge in [0.05, 0.1) is 29.1 Å². The normalized spacial score (nSPS) is 24.0. The zero-order chi connectivity index (χ0) is 21.8. The van der Waals surface area contributed by atoms with Crippen LogP contribution >= 0.6 is 0 Å². The third-order valence-electron chi connectivity index (χ3n) is 6.93. The van der Waals surface area contributed by atoms with Crippen LogP contribution in [0.5, 0.6) is 0 Å². The SMILES string of the molecule is Cc1ccc(F)c(Nc2cnc(C(=O)N3CCS(=O)(=O)CC3)c3c2C2CCC3CC2)c1. The summed E-state index contributed by atoms with van der Waals surface area (Å²) in [6.45, 7) is 2.33. The summed E-state index contributed by atoms with van der Waals surface area (Å²) in [6.07, 6.45) is 5.81. The lowest BCUT2D eigenvalue weighted by molar-refractivity contribution is 0.0761. The number of aryl methyl sites for hydroxylation is 1. The van der Waals surface area contributed by atoms with E-state index in [2.05, 4.69) is 10.3 Å². The van der Waals surface area contributed by atoms with Gasteiger partial charge in [0, 0.05) is 13.1 Å². The molecule has 0 spiro atoms. The van der Waals surface area contributed by atoms with Gasteiger partial charge >= 0.3 is 0 Å². The van der Waals surface area contributed by atoms with Crippen molar-refractivity contribution in [3.05, 3.63) is 52.6 Å². The van der Waals surface area contributed by atoms with E-state index >= 15 is 0 Å². The van der Waals surface area contributed by atoms with Crippen LogP contribution in [0.1, 0.15) is 64.7 Å². The Morgan fingerprint density at radius 2 is 1.71 bits per heavy atom. The number of nitrogens with zero attached hydrogens (tertiary/aromatic N) is 2. The first-order valence-electron chi connectivity index (χ1n) is 10.9. The number of halogens is 1. The van der Waals surface area contributed by atoms with E-state index in [9.17, 15) is 17.6 Å². The summed E-state index contributed by atoms with van der Waals surface area (Å²) in [5.41, 5.74) is 4.65. The average molecular weight is 444 g/mol. The maximum absolute atomic E-state index is 14.4. The molecule has 4 aliphatic rings. The van der Waals surface area contributed by atoms with Crippen molar-refractivity contribution in [3.63, 3.8) is 0 Å². The van der Waals surface area contributed by atoms with Gasteiger partial charge < -0.3 is 10.2 Å². The quantitative estimate of drug-likeness (QED) is 0.778. The van der Waals surface area contributed by atoms with E-state index in [0.29, 0.717) is 17.3 Å². The number of fused-ring (bicyclic) bond motifs is 2. The highest BCUT2D eigenvalue weighted by atomic mass is 32.2. The molecule has 2 fully saturated rings. The summed E-state index contributed by atoms with van der Waals surface area (Å²) in [7, 11) is -3.07. The number of hydrogen-bond acceptors (Lipinski definition) is 5. The lowest BCUT2D eigenvalue weighted by Gasteiger charge is -2.40. The van der Waals surface area contributed by atoms with E-state index in [4.69, 9.17) is 0 Å². The number of nitrogens with one attached hydrogen (secondary N) is 1. The molecule has 0 unspecified atom stereocenters. The third kappa shape index (κ3) is 3.71. The lowest BCUT2D eigenvalue weighted by Crippen LogP contribution is -2.44. The van der Waals surface area contributed by atoms with Crippen LogP contribution < -0.4 is 5.32 Å². The van der Waals surface area contributed by atoms with Gasteiger partial charge in [0.1, 0.15) is 11.5 Å². The van der Waals surface area contributed by atoms with Crippen molar-refractivity contribution in [3.8, 4) is 0 Å². The molecule has 6 nitrogen and oxygen atoms in total. The summed E-state index contributed by atoms with van der Waals surface area (Å²) in [5, 5.41) is 3.24. The Morgan fingerprint density at radius 3 is 2.39 bits per heavy atom. The Morgan fingerprint density at radius 1 is 1.06 bits per heavy atom. The molecule has 164 valence electrons. The first-order chi connectivity index (χ1) is 14.8. The molecule has 2 heterocycles. The molecule has 1 aromatic carbocycles. The Balaban J connectivity index is 1.54. The van der Waals surface area contributed by atoms with Gasteiger partial charge in [-0.1, -0.05) is 6.07 Å². The monoisotopic (exact) mass is 443 g/mol. The molecule has 8 heteroatoms. The van der Waals surface area contributed by atoms with E-state index < -0.39 is 9.84 Å². The number of anilines is 2. The van der Waals surface area contributed by atoms with Crippen LogP contribution in [0.15, 0.2) is 24.4 Å². The first kappa shape index (κ1) is 20.4. The number of aromatic nitrogens is 1. The molecular formula is C23H26FN3O3S. The largest absolute Gasteiger partial charge is 0.352 e. The molecule has 2 aromatic rings. The summed E-state index contributed by atoms with van der Waals surface area (Å²) < 4.78 is 37.9. The van der Waals surface area contributed by atoms with Gasteiger partial charge in [-0.05, 0) is 73.3 Å². The molecule has 1 saturated heterocycles. The maximum Gasteiger partial charge on any atom is 0.272 e. The first-order valence-corrected chi connectivity index (χ1v) is 12.7. The minimum Gasteiger partial charge on any atom is -0.352 e. The smallest absolute Gasteiger partial charge is 0.272 e. The van der Waals surface area contributed by atoms with E-state index in [1.165, 1.54) is 6.07 Å². The highest BCUT2D eigenvalue weighted by Gasteiger charge is 2.39. The summed E-state index contributed by atoms with van der Waals surface area (Å²) in [4.78, 5) is 19.5. The Bertz CT molecular complexity index is 1140. The molecule has 31 heavy (non-hydrogen) atoms. The molecular weight excluding hydrogens is 417 g/mol. The summed E-state index contributed by atoms with van der Waals surface area (Å²) >= 11 is 0. The van der Waals surface area contributed by atoms with E-state index in [1.807, 2.05) is 6.92 Å². The number of carbonyl (C=O) groups is 1. The highest BCUT2D eigenvalue weighted by molar-refractivity contribution is 7.91. The van der Waals surface area contributed by atoms with Crippen molar-refractivity contribution in [1.29, 1.82) is 0 Å². The van der Waals surface area contributed by atoms with Gasteiger partial charge in [-0.15, -0.1) is 0 Å². The molecule has 0 atom stereocenters. The van der Waals surface area contributed by atoms with Crippen molar-refractivity contribution in [2.24, 2.45) is 0 Å². The van der Waals surface area contributed by atoms with Crippen molar-refractivity contribution >= 4 is 27.1 Å². The molecule has 1 N–H and O–H groups in total. The van der Waals surface area contributed by atoms with Gasteiger partial charge in [-0.2, -0.15) is 0 Å². The van der Waals surface area contributed by atoms with Gasteiger partial charge in [0.15, 0.2) is 9.84 Å². The predicted molar refractivity (Wildman–Crippen MR) is 117 cm³/mol. The number of hydrogen-bond donors (Lipinski definition) is 1. The second-order valence-electron chi connectivity index (χ2n) is 8.95. The number of amides is 1. The standard InChI is InChI=1S/C23H26FN3O3S/c1-14-2-7-17(24)18(12-14)26-19-13-25-22(21-16-5-3-15(4-6-16)20(19)21)23(28)27-8-10-31(29,30)11-9-27/h2,7,12-13,15-16,26H,3-6,8-11H2,1H3. The van der Waals surface area contributed by atoms with Crippen molar-refractivity contribution < 1.29 is 17.6 Å². The Kier molecular flexibility index (Phi) is 5.00. The van der Waals surface area contributed by atoms with Gasteiger partial charge in [-0.25, -0.2) is 17.8 Å². The lowest BCUT2D eigenvalue weighted by atomic mass is 9.66. The fourth-order valence-electron chi connectivity index (χ4n) is 5.28. The van der Waals surface area contributed by atoms with Gasteiger partial charge in [-0.3, -0.25) is 4.79 Å². The summed E-state index contributed by atoms with van der Waals surface area (Å²) in [5.74, 6) is 0.0797. The number of carbonyl (C=O) groups excluding carboxylic acids is 1. The second kappa shape index (κ2) is 7.58. The van der Waals surface area contributed by atoms with Gasteiger partial charge in [0.25, 0.3) is 5.91 Å². The molecule has 2 bridgehead atoms. The number of benzene rings is 1. The van der Waals surface area contributed by atoms with Crippen LogP contribution in [-0.4, -0.2) is 48.8 Å². The van der Waals surface area contributed by atoms with Crippen LogP contribution in [0.25, 0.3) is 0 Å². The zero-order valence-corrected chi connectivity index (χ0v) is 18.3. The minimum atomic E-state index is -3.07. The summed E-state index contributed by atoms with van der Waals surface area (Å²) in [6, 6.07) is 4.96. The minimum absolute atomic E-state index is 0.000736. The Hall–Kier alpha value is -2.48. The molecule has 0 radical (unpaired) electrons. The third-order valence-corrected chi connectivity index (χ3v) is 8.54. The average Bonchev–Trinajstić information content (AvgIpc) is 2.77. The second-order valence-corrected chi connectivity index (χ2v) is 11.3. The molecule has 3 aliphatic carbocycles. The van der Waals surface area contributed by atoms with E-state index in [0.717, 1.165) is 48.1 Å². The molecule has 1 saturated carbocycles. The fraction of sp³-hybridized carbons (Fsp3) is 0.478. The van der Waals surface area contributed by atoms with Crippen LogP contribution in [0.2, 0.25) is 0 Å². The predicted octanol–water partition coefficient (Wildman–Crippen LogP) is 3.90. The molecule has 1 aromatic heterocycles. The topological polar surface area (TPSA) is 79.4 Å². The highest BCUT2D eigenvalue weighted by Crippen LogP contribution is 2.53. The van der Waals surface area contributed by atoms with Crippen LogP contribution in [0.3, 0.4) is 0 Å². The van der Waals surface area contributed by atoms with Crippen molar-refractivity contribution in [2.45, 2.75) is 44.4 Å². The van der Waals surface area contributed by atoms with Crippen LogP contribution in [0, 0.1) is 12.7 Å². The van der Waals surface area contributed by atoms with Gasteiger partial charge in [0.2, 0.25) is 0 Å². The molecule has 1 amide bonds.